The van der Waals surface area contributed by atoms with Gasteiger partial charge in [-0.15, -0.1) is 6.42 Å². The standard InChI is InChI=1S/C10H9N3/c1-2-7-13-10-6-4-3-5-9(10)8-11-12-13/h1,3-6,8,12H,7H2. The second kappa shape index (κ2) is 3.20. The maximum Gasteiger partial charge on any atom is 0.101 e. The summed E-state index contributed by atoms with van der Waals surface area (Å²) < 4.78 is 0. The van der Waals surface area contributed by atoms with Crippen molar-refractivity contribution in [2.75, 3.05) is 11.6 Å². The molecule has 13 heavy (non-hydrogen) atoms. The van der Waals surface area contributed by atoms with Gasteiger partial charge in [0.2, 0.25) is 0 Å². The fourth-order valence-corrected chi connectivity index (χ4v) is 1.28. The summed E-state index contributed by atoms with van der Waals surface area (Å²) >= 11 is 0. The minimum absolute atomic E-state index is 0.508. The fraction of sp³-hybridized carbons (Fsp3) is 0.100. The van der Waals surface area contributed by atoms with E-state index in [1.807, 2.05) is 29.3 Å². The molecular weight excluding hydrogens is 162 g/mol. The summed E-state index contributed by atoms with van der Waals surface area (Å²) in [7, 11) is 0. The van der Waals surface area contributed by atoms with E-state index in [9.17, 15) is 0 Å². The van der Waals surface area contributed by atoms with E-state index in [1.165, 1.54) is 0 Å². The highest BCUT2D eigenvalue weighted by molar-refractivity contribution is 5.89. The van der Waals surface area contributed by atoms with Crippen molar-refractivity contribution in [3.63, 3.8) is 0 Å². The van der Waals surface area contributed by atoms with E-state index in [0.717, 1.165) is 11.3 Å². The zero-order valence-electron chi connectivity index (χ0n) is 7.07. The zero-order chi connectivity index (χ0) is 9.10. The first kappa shape index (κ1) is 7.69. The molecule has 0 radical (unpaired) electrons. The lowest BCUT2D eigenvalue weighted by Gasteiger charge is -2.25. The number of rotatable bonds is 1. The van der Waals surface area contributed by atoms with Crippen molar-refractivity contribution in [2.45, 2.75) is 0 Å². The molecule has 1 heterocycles. The van der Waals surface area contributed by atoms with Gasteiger partial charge in [0.15, 0.2) is 0 Å². The van der Waals surface area contributed by atoms with Crippen LogP contribution in [0.1, 0.15) is 5.56 Å². The highest BCUT2D eigenvalue weighted by Gasteiger charge is 2.10. The molecule has 1 aromatic rings. The molecule has 0 bridgehead atoms. The van der Waals surface area contributed by atoms with Crippen LogP contribution in [0.25, 0.3) is 0 Å². The molecule has 0 atom stereocenters. The van der Waals surface area contributed by atoms with Crippen LogP contribution < -0.4 is 10.5 Å². The van der Waals surface area contributed by atoms with Gasteiger partial charge in [0.25, 0.3) is 0 Å². The molecule has 0 aromatic heterocycles. The van der Waals surface area contributed by atoms with Crippen molar-refractivity contribution in [1.82, 2.24) is 5.53 Å². The van der Waals surface area contributed by atoms with Crippen molar-refractivity contribution in [2.24, 2.45) is 5.10 Å². The van der Waals surface area contributed by atoms with Crippen molar-refractivity contribution < 1.29 is 0 Å². The second-order valence-electron chi connectivity index (χ2n) is 2.71. The monoisotopic (exact) mass is 171 g/mol. The molecular formula is C10H9N3. The summed E-state index contributed by atoms with van der Waals surface area (Å²) in [5, 5.41) is 5.80. The first-order valence-corrected chi connectivity index (χ1v) is 4.00. The van der Waals surface area contributed by atoms with E-state index in [4.69, 9.17) is 6.42 Å². The average molecular weight is 171 g/mol. The molecule has 0 fully saturated rings. The summed E-state index contributed by atoms with van der Waals surface area (Å²) in [5.74, 6) is 2.57. The van der Waals surface area contributed by atoms with Crippen LogP contribution in [0, 0.1) is 12.3 Å². The van der Waals surface area contributed by atoms with Gasteiger partial charge in [0.05, 0.1) is 11.9 Å². The lowest BCUT2D eigenvalue weighted by molar-refractivity contribution is 0.693. The maximum atomic E-state index is 5.23. The molecule has 3 nitrogen and oxygen atoms in total. The number of hydrogen-bond donors (Lipinski definition) is 1. The molecule has 1 aromatic carbocycles. The fourth-order valence-electron chi connectivity index (χ4n) is 1.28. The Labute approximate surface area is 77.0 Å². The number of terminal acetylenes is 1. The largest absolute Gasteiger partial charge is 0.260 e. The van der Waals surface area contributed by atoms with Crippen molar-refractivity contribution >= 4 is 11.9 Å². The number of nitrogens with one attached hydrogen (secondary N) is 1. The first-order chi connectivity index (χ1) is 6.42. The van der Waals surface area contributed by atoms with Gasteiger partial charge in [-0.25, -0.2) is 5.53 Å². The molecule has 0 aliphatic carbocycles. The maximum absolute atomic E-state index is 5.23. The summed E-state index contributed by atoms with van der Waals surface area (Å²) in [6.07, 6.45) is 7.01. The number of hydrazine groups is 1. The molecule has 64 valence electrons. The minimum Gasteiger partial charge on any atom is -0.260 e. The Balaban J connectivity index is 2.39. The predicted molar refractivity (Wildman–Crippen MR) is 53.4 cm³/mol. The van der Waals surface area contributed by atoms with Gasteiger partial charge in [-0.2, -0.15) is 5.10 Å². The Morgan fingerprint density at radius 2 is 2.31 bits per heavy atom. The van der Waals surface area contributed by atoms with Gasteiger partial charge in [-0.05, 0) is 6.07 Å². The van der Waals surface area contributed by atoms with Gasteiger partial charge in [-0.3, -0.25) is 5.01 Å². The Morgan fingerprint density at radius 3 is 3.15 bits per heavy atom. The van der Waals surface area contributed by atoms with E-state index < -0.39 is 0 Å². The molecule has 2 rings (SSSR count). The van der Waals surface area contributed by atoms with Crippen LogP contribution in [0.2, 0.25) is 0 Å². The SMILES string of the molecule is C#CCN1NN=Cc2ccccc21. The molecule has 0 saturated carbocycles. The Bertz CT molecular complexity index is 376. The molecule has 1 N–H and O–H groups in total. The number of hydrogen-bond acceptors (Lipinski definition) is 3. The van der Waals surface area contributed by atoms with Crippen LogP contribution in [0.3, 0.4) is 0 Å². The highest BCUT2D eigenvalue weighted by atomic mass is 15.7. The molecule has 3 heteroatoms. The number of para-hydroxylation sites is 1. The predicted octanol–water partition coefficient (Wildman–Crippen LogP) is 0.978. The lowest BCUT2D eigenvalue weighted by atomic mass is 10.2. The highest BCUT2D eigenvalue weighted by Crippen LogP contribution is 2.18. The molecule has 0 amide bonds. The van der Waals surface area contributed by atoms with Crippen molar-refractivity contribution in [1.29, 1.82) is 0 Å². The second-order valence-corrected chi connectivity index (χ2v) is 2.71. The van der Waals surface area contributed by atoms with Crippen LogP contribution in [0.4, 0.5) is 5.69 Å². The Morgan fingerprint density at radius 1 is 1.46 bits per heavy atom. The summed E-state index contributed by atoms with van der Waals surface area (Å²) in [5.41, 5.74) is 4.98. The third kappa shape index (κ3) is 1.34. The van der Waals surface area contributed by atoms with Gasteiger partial charge >= 0.3 is 0 Å². The topological polar surface area (TPSA) is 27.6 Å². The van der Waals surface area contributed by atoms with Crippen molar-refractivity contribution in [3.05, 3.63) is 29.8 Å². The third-order valence-electron chi connectivity index (χ3n) is 1.86. The molecule has 1 aliphatic rings. The van der Waals surface area contributed by atoms with Gasteiger partial charge in [0, 0.05) is 5.56 Å². The van der Waals surface area contributed by atoms with Crippen LogP contribution in [0.15, 0.2) is 29.4 Å². The van der Waals surface area contributed by atoms with Crippen molar-refractivity contribution in [3.8, 4) is 12.3 Å². The smallest absolute Gasteiger partial charge is 0.101 e. The van der Waals surface area contributed by atoms with Gasteiger partial charge in [0.1, 0.15) is 6.54 Å². The van der Waals surface area contributed by atoms with E-state index in [1.54, 1.807) is 6.21 Å². The van der Waals surface area contributed by atoms with Crippen LogP contribution in [0.5, 0.6) is 0 Å². The summed E-state index contributed by atoms with van der Waals surface area (Å²) in [6, 6.07) is 7.96. The number of hydrazone groups is 1. The number of benzene rings is 1. The molecule has 0 unspecified atom stereocenters. The minimum atomic E-state index is 0.508. The first-order valence-electron chi connectivity index (χ1n) is 4.00. The summed E-state index contributed by atoms with van der Waals surface area (Å²) in [6.45, 7) is 0.508. The lowest BCUT2D eigenvalue weighted by Crippen LogP contribution is -2.37. The Kier molecular flexibility index (Phi) is 1.89. The van der Waals surface area contributed by atoms with Crippen LogP contribution >= 0.6 is 0 Å². The van der Waals surface area contributed by atoms with Crippen LogP contribution in [-0.2, 0) is 0 Å². The molecule has 0 saturated heterocycles. The normalized spacial score (nSPS) is 13.0. The average Bonchev–Trinajstić information content (AvgIpc) is 2.19. The summed E-state index contributed by atoms with van der Waals surface area (Å²) in [4.78, 5) is 0. The quantitative estimate of drug-likeness (QED) is 0.638. The molecule has 0 spiro atoms. The number of fused-ring (bicyclic) bond motifs is 1. The van der Waals surface area contributed by atoms with E-state index >= 15 is 0 Å². The van der Waals surface area contributed by atoms with E-state index in [-0.39, 0.29) is 0 Å². The zero-order valence-corrected chi connectivity index (χ0v) is 7.07. The van der Waals surface area contributed by atoms with E-state index in [2.05, 4.69) is 16.6 Å². The number of anilines is 1. The van der Waals surface area contributed by atoms with Gasteiger partial charge in [-0.1, -0.05) is 24.1 Å². The van der Waals surface area contributed by atoms with E-state index in [0.29, 0.717) is 6.54 Å². The van der Waals surface area contributed by atoms with Crippen LogP contribution in [-0.4, -0.2) is 12.8 Å². The third-order valence-corrected chi connectivity index (χ3v) is 1.86. The Hall–Kier alpha value is -1.95. The molecule has 1 aliphatic heterocycles. The number of nitrogens with zero attached hydrogens (tertiary/aromatic N) is 2. The van der Waals surface area contributed by atoms with Gasteiger partial charge < -0.3 is 0 Å².